The third kappa shape index (κ3) is 4.71. The lowest BCUT2D eigenvalue weighted by atomic mass is 9.99. The van der Waals surface area contributed by atoms with Crippen molar-refractivity contribution in [1.29, 1.82) is 0 Å². The van der Waals surface area contributed by atoms with E-state index in [-0.39, 0.29) is 28.6 Å². The Hall–Kier alpha value is -5.22. The minimum Gasteiger partial charge on any atom is -0.763 e. The summed E-state index contributed by atoms with van der Waals surface area (Å²) in [5.74, 6) is -0.352. The van der Waals surface area contributed by atoms with Gasteiger partial charge >= 0.3 is 11.9 Å². The summed E-state index contributed by atoms with van der Waals surface area (Å²) in [4.78, 5) is 27.4. The van der Waals surface area contributed by atoms with Crippen LogP contribution in [0.15, 0.2) is 120 Å². The summed E-state index contributed by atoms with van der Waals surface area (Å²) in [7, 11) is -0.384. The maximum atomic E-state index is 13.8. The number of methoxy groups -OCH3 is 2. The lowest BCUT2D eigenvalue weighted by molar-refractivity contribution is 0.0601. The minimum absolute atomic E-state index is 0.0341. The van der Waals surface area contributed by atoms with Crippen LogP contribution >= 0.6 is 7.26 Å². The first-order valence-electron chi connectivity index (χ1n) is 12.9. The van der Waals surface area contributed by atoms with Crippen LogP contribution in [0.25, 0.3) is 11.0 Å². The number of Topliss-reactive ketones (excluding diaryl/α,β-unsaturated/α-hetero) is 1. The number of hydrogen-bond acceptors (Lipinski definition) is 6. The van der Waals surface area contributed by atoms with Crippen molar-refractivity contribution in [2.24, 2.45) is 0 Å². The normalized spacial score (nSPS) is 10.9. The lowest BCUT2D eigenvalue weighted by Crippen LogP contribution is -2.40. The highest BCUT2D eigenvalue weighted by Crippen LogP contribution is 2.58. The van der Waals surface area contributed by atoms with Crippen molar-refractivity contribution >= 4 is 51.7 Å². The molecule has 1 aromatic heterocycles. The number of carbonyl (C=O) groups is 2. The molecular formula is C34H26NO6P. The maximum absolute atomic E-state index is 13.8. The molecule has 0 spiro atoms. The van der Waals surface area contributed by atoms with Crippen LogP contribution in [-0.4, -0.2) is 36.9 Å². The number of allylic oxidation sites excluding steroid dienone is 1. The zero-order chi connectivity index (χ0) is 29.7. The number of esters is 1. The van der Waals surface area contributed by atoms with Gasteiger partial charge in [0, 0.05) is 0 Å². The zero-order valence-corrected chi connectivity index (χ0v) is 23.7. The first-order chi connectivity index (χ1) is 20.5. The lowest BCUT2D eigenvalue weighted by Gasteiger charge is -2.27. The van der Waals surface area contributed by atoms with Crippen LogP contribution in [0.4, 0.5) is 0 Å². The van der Waals surface area contributed by atoms with Crippen molar-refractivity contribution in [3.8, 4) is 11.7 Å². The van der Waals surface area contributed by atoms with E-state index in [4.69, 9.17) is 13.9 Å². The molecule has 0 fully saturated rings. The highest BCUT2D eigenvalue weighted by Gasteiger charge is 2.56. The van der Waals surface area contributed by atoms with Crippen molar-refractivity contribution < 1.29 is 28.6 Å². The van der Waals surface area contributed by atoms with Crippen LogP contribution in [0.2, 0.25) is 0 Å². The summed E-state index contributed by atoms with van der Waals surface area (Å²) in [5.41, 5.74) is -0.690. The molecule has 4 aromatic carbocycles. The molecule has 0 saturated heterocycles. The number of ether oxygens (including phenoxy) is 2. The van der Waals surface area contributed by atoms with Crippen molar-refractivity contribution in [1.82, 2.24) is 0 Å². The molecule has 7 nitrogen and oxygen atoms in total. The fraction of sp³-hybridized carbons (Fsp3) is 0.0588. The molecule has 1 heterocycles. The van der Waals surface area contributed by atoms with Gasteiger partial charge in [-0.05, 0) is 48.5 Å². The first-order valence-corrected chi connectivity index (χ1v) is 14.7. The number of phenols is 1. The van der Waals surface area contributed by atoms with Crippen LogP contribution < -0.4 is 26.0 Å². The van der Waals surface area contributed by atoms with Gasteiger partial charge in [-0.2, -0.15) is 0 Å². The van der Waals surface area contributed by atoms with Gasteiger partial charge in [0.15, 0.2) is 18.6 Å². The van der Waals surface area contributed by atoms with Gasteiger partial charge in [0.2, 0.25) is 11.1 Å². The number of nitrogens with zero attached hydrogens (tertiary/aromatic N) is 1. The van der Waals surface area contributed by atoms with Crippen LogP contribution in [-0.2, 0) is 4.74 Å². The molecule has 0 saturated carbocycles. The molecule has 0 unspecified atom stereocenters. The summed E-state index contributed by atoms with van der Waals surface area (Å²) in [6.07, 6.45) is 0. The molecule has 208 valence electrons. The van der Waals surface area contributed by atoms with Gasteiger partial charge in [-0.15, -0.1) is 0 Å². The second kappa shape index (κ2) is 12.1. The molecule has 0 aliphatic heterocycles. The summed E-state index contributed by atoms with van der Waals surface area (Å²) in [6, 6.07) is 34.9. The minimum atomic E-state index is -3.01. The van der Waals surface area contributed by atoms with E-state index in [0.717, 1.165) is 15.9 Å². The summed E-state index contributed by atoms with van der Waals surface area (Å²) in [5, 5.41) is 23.7. The second-order valence-corrected chi connectivity index (χ2v) is 12.5. The summed E-state index contributed by atoms with van der Waals surface area (Å²) in [6.45, 7) is 0. The number of rotatable bonds is 9. The Labute approximate surface area is 243 Å². The van der Waals surface area contributed by atoms with Crippen LogP contribution in [0.3, 0.4) is 0 Å². The predicted molar refractivity (Wildman–Crippen MR) is 166 cm³/mol. The molecule has 0 aliphatic carbocycles. The number of ketones is 1. The van der Waals surface area contributed by atoms with Gasteiger partial charge in [0.05, 0.1) is 25.4 Å². The molecule has 42 heavy (non-hydrogen) atoms. The van der Waals surface area contributed by atoms with Gasteiger partial charge in [-0.1, -0.05) is 66.7 Å². The number of carbonyl (C=O) groups excluding carboxylic acids is 2. The molecule has 5 rings (SSSR count). The Morgan fingerprint density at radius 2 is 1.24 bits per heavy atom. The van der Waals surface area contributed by atoms with Crippen molar-refractivity contribution in [3.05, 3.63) is 138 Å². The van der Waals surface area contributed by atoms with Crippen LogP contribution in [0, 0.1) is 0 Å². The van der Waals surface area contributed by atoms with Crippen molar-refractivity contribution in [3.63, 3.8) is 0 Å². The summed E-state index contributed by atoms with van der Waals surface area (Å²) < 4.78 is 17.2. The van der Waals surface area contributed by atoms with Crippen molar-refractivity contribution in [2.45, 2.75) is 0 Å². The van der Waals surface area contributed by atoms with Gasteiger partial charge < -0.3 is 24.4 Å². The van der Waals surface area contributed by atoms with E-state index in [1.807, 2.05) is 96.9 Å². The number of aromatic hydroxyl groups is 1. The molecule has 5 aromatic rings. The second-order valence-electron chi connectivity index (χ2n) is 9.15. The van der Waals surface area contributed by atoms with E-state index < -0.39 is 24.6 Å². The number of benzene rings is 4. The highest BCUT2D eigenvalue weighted by atomic mass is 31.2. The van der Waals surface area contributed by atoms with E-state index in [9.17, 15) is 20.1 Å². The van der Waals surface area contributed by atoms with E-state index >= 15 is 0 Å². The molecule has 0 aliphatic rings. The quantitative estimate of drug-likeness (QED) is 0.0881. The van der Waals surface area contributed by atoms with Crippen LogP contribution in [0.1, 0.15) is 26.5 Å². The number of hydrogen-bond donors (Lipinski definition) is 1. The average molecular weight is 576 g/mol. The largest absolute Gasteiger partial charge is 0.763 e. The van der Waals surface area contributed by atoms with E-state index in [0.29, 0.717) is 5.30 Å². The molecular weight excluding hydrogens is 549 g/mol. The molecule has 0 radical (unpaired) electrons. The third-order valence-electron chi connectivity index (χ3n) is 6.91. The van der Waals surface area contributed by atoms with Gasteiger partial charge in [0.1, 0.15) is 21.7 Å². The Balaban J connectivity index is 1.95. The molecule has 0 bridgehead atoms. The number of furan rings is 1. The average Bonchev–Trinajstić information content (AvgIpc) is 3.42. The van der Waals surface area contributed by atoms with E-state index in [2.05, 4.69) is 0 Å². The standard InChI is InChI=1S/C34H26NO6P/c1-39-33(38)29-31(27(22-35)30(37)26-20-12-13-21-28(26)36)41-34(40-2)32(29)42(23-14-6-3-7-15-23,24-16-8-4-9-17-24)25-18-10-5-11-19-25/h3-21,36H,1-2H3. The Bertz CT molecular complexity index is 1700. The fourth-order valence-electron chi connectivity index (χ4n) is 5.11. The zero-order valence-electron chi connectivity index (χ0n) is 22.9. The monoisotopic (exact) mass is 575 g/mol. The SMILES string of the molecule is COC(=O)c1c(C(=C=[N-])C(=O)c2ccccc2O)oc(OC)c1[P+](c1ccccc1)(c1ccccc1)c1ccccc1. The molecule has 8 heteroatoms. The smallest absolute Gasteiger partial charge is 0.346 e. The topological polar surface area (TPSA) is 108 Å². The van der Waals surface area contributed by atoms with Gasteiger partial charge in [0.25, 0.3) is 0 Å². The highest BCUT2D eigenvalue weighted by molar-refractivity contribution is 8.01. The number of para-hydroxylation sites is 1. The summed E-state index contributed by atoms with van der Waals surface area (Å²) >= 11 is 0. The number of phenolic OH excluding ortho intramolecular Hbond substituents is 1. The Morgan fingerprint density at radius 3 is 1.67 bits per heavy atom. The Kier molecular flexibility index (Phi) is 8.16. The maximum Gasteiger partial charge on any atom is 0.346 e. The molecule has 0 atom stereocenters. The first kappa shape index (κ1) is 28.3. The third-order valence-corrected chi connectivity index (χ3v) is 11.2. The molecule has 0 amide bonds. The predicted octanol–water partition coefficient (Wildman–Crippen LogP) is 4.91. The van der Waals surface area contributed by atoms with Gasteiger partial charge in [-0.3, -0.25) is 10.7 Å². The van der Waals surface area contributed by atoms with Gasteiger partial charge in [-0.25, -0.2) is 4.79 Å². The van der Waals surface area contributed by atoms with Crippen molar-refractivity contribution in [2.75, 3.05) is 14.2 Å². The van der Waals surface area contributed by atoms with E-state index in [1.54, 1.807) is 12.1 Å². The van der Waals surface area contributed by atoms with E-state index in [1.165, 1.54) is 26.4 Å². The molecule has 1 N–H and O–H groups in total. The fourth-order valence-corrected chi connectivity index (χ4v) is 9.57. The van der Waals surface area contributed by atoms with Crippen LogP contribution in [0.5, 0.6) is 11.7 Å². The Morgan fingerprint density at radius 1 is 0.762 bits per heavy atom.